The van der Waals surface area contributed by atoms with Crippen molar-refractivity contribution in [2.75, 3.05) is 5.32 Å². The number of pyridine rings is 1. The molecule has 0 atom stereocenters. The van der Waals surface area contributed by atoms with Gasteiger partial charge in [0.05, 0.1) is 18.8 Å². The van der Waals surface area contributed by atoms with Crippen LogP contribution in [-0.2, 0) is 13.2 Å². The van der Waals surface area contributed by atoms with Crippen LogP contribution in [0, 0.1) is 6.92 Å². The predicted molar refractivity (Wildman–Crippen MR) is 68.7 cm³/mol. The number of nitrogens with zero attached hydrogens (tertiary/aromatic N) is 1. The van der Waals surface area contributed by atoms with E-state index in [1.165, 1.54) is 5.56 Å². The molecular formula is C14H16N2O. The molecule has 0 bridgehead atoms. The Morgan fingerprint density at radius 2 is 1.88 bits per heavy atom. The predicted octanol–water partition coefficient (Wildman–Crippen LogP) is 2.49. The van der Waals surface area contributed by atoms with Crippen LogP contribution in [0.3, 0.4) is 0 Å². The number of benzene rings is 1. The van der Waals surface area contributed by atoms with Gasteiger partial charge in [0, 0.05) is 11.9 Å². The number of rotatable bonds is 4. The Hall–Kier alpha value is -1.87. The standard InChI is InChI=1S/C14H16N2O/c1-11-2-5-14(15-8-11)9-16-13-6-3-12(10-17)4-7-13/h2-8,16-17H,9-10H2,1H3. The van der Waals surface area contributed by atoms with Crippen LogP contribution in [0.15, 0.2) is 42.6 Å². The second kappa shape index (κ2) is 5.46. The van der Waals surface area contributed by atoms with Gasteiger partial charge in [-0.05, 0) is 36.2 Å². The average molecular weight is 228 g/mol. The molecule has 0 fully saturated rings. The molecule has 1 aromatic heterocycles. The van der Waals surface area contributed by atoms with Crippen LogP contribution < -0.4 is 5.32 Å². The molecular weight excluding hydrogens is 212 g/mol. The first-order valence-electron chi connectivity index (χ1n) is 5.63. The van der Waals surface area contributed by atoms with E-state index in [-0.39, 0.29) is 6.61 Å². The lowest BCUT2D eigenvalue weighted by atomic mass is 10.2. The summed E-state index contributed by atoms with van der Waals surface area (Å²) in [5, 5.41) is 12.2. The summed E-state index contributed by atoms with van der Waals surface area (Å²) < 4.78 is 0. The van der Waals surface area contributed by atoms with E-state index in [1.807, 2.05) is 43.5 Å². The van der Waals surface area contributed by atoms with Gasteiger partial charge in [-0.3, -0.25) is 4.98 Å². The number of aryl methyl sites for hydroxylation is 1. The zero-order chi connectivity index (χ0) is 12.1. The Morgan fingerprint density at radius 3 is 2.47 bits per heavy atom. The summed E-state index contributed by atoms with van der Waals surface area (Å²) in [4.78, 5) is 4.32. The maximum Gasteiger partial charge on any atom is 0.0681 e. The van der Waals surface area contributed by atoms with E-state index < -0.39 is 0 Å². The van der Waals surface area contributed by atoms with Gasteiger partial charge in [0.15, 0.2) is 0 Å². The quantitative estimate of drug-likeness (QED) is 0.845. The highest BCUT2D eigenvalue weighted by molar-refractivity contribution is 5.44. The minimum absolute atomic E-state index is 0.0831. The number of aromatic nitrogens is 1. The summed E-state index contributed by atoms with van der Waals surface area (Å²) in [5.41, 5.74) is 4.14. The minimum Gasteiger partial charge on any atom is -0.392 e. The van der Waals surface area contributed by atoms with Crippen molar-refractivity contribution in [3.63, 3.8) is 0 Å². The van der Waals surface area contributed by atoms with Gasteiger partial charge in [-0.2, -0.15) is 0 Å². The number of hydrogen-bond acceptors (Lipinski definition) is 3. The second-order valence-electron chi connectivity index (χ2n) is 4.04. The SMILES string of the molecule is Cc1ccc(CNc2ccc(CO)cc2)nc1. The van der Waals surface area contributed by atoms with Crippen molar-refractivity contribution >= 4 is 5.69 Å². The average Bonchev–Trinajstić information content (AvgIpc) is 2.39. The molecule has 0 saturated heterocycles. The van der Waals surface area contributed by atoms with E-state index in [9.17, 15) is 0 Å². The van der Waals surface area contributed by atoms with Crippen LogP contribution in [0.25, 0.3) is 0 Å². The van der Waals surface area contributed by atoms with Crippen molar-refractivity contribution in [1.29, 1.82) is 0 Å². The molecule has 1 heterocycles. The summed E-state index contributed by atoms with van der Waals surface area (Å²) in [6, 6.07) is 11.8. The first-order chi connectivity index (χ1) is 8.28. The number of anilines is 1. The highest BCUT2D eigenvalue weighted by Gasteiger charge is 1.96. The summed E-state index contributed by atoms with van der Waals surface area (Å²) in [6.45, 7) is 2.82. The molecule has 88 valence electrons. The van der Waals surface area contributed by atoms with Gasteiger partial charge < -0.3 is 10.4 Å². The topological polar surface area (TPSA) is 45.1 Å². The lowest BCUT2D eigenvalue weighted by molar-refractivity contribution is 0.282. The van der Waals surface area contributed by atoms with E-state index in [1.54, 1.807) is 0 Å². The van der Waals surface area contributed by atoms with E-state index in [0.29, 0.717) is 6.54 Å². The van der Waals surface area contributed by atoms with Crippen molar-refractivity contribution in [2.45, 2.75) is 20.1 Å². The van der Waals surface area contributed by atoms with Crippen LogP contribution in [0.5, 0.6) is 0 Å². The number of aliphatic hydroxyl groups is 1. The van der Waals surface area contributed by atoms with Crippen LogP contribution in [0.4, 0.5) is 5.69 Å². The van der Waals surface area contributed by atoms with E-state index >= 15 is 0 Å². The summed E-state index contributed by atoms with van der Waals surface area (Å²) in [5.74, 6) is 0. The molecule has 3 nitrogen and oxygen atoms in total. The maximum atomic E-state index is 8.93. The summed E-state index contributed by atoms with van der Waals surface area (Å²) >= 11 is 0. The molecule has 0 amide bonds. The molecule has 2 N–H and O–H groups in total. The van der Waals surface area contributed by atoms with Gasteiger partial charge in [-0.1, -0.05) is 18.2 Å². The summed E-state index contributed by atoms with van der Waals surface area (Å²) in [7, 11) is 0. The molecule has 0 radical (unpaired) electrons. The fraction of sp³-hybridized carbons (Fsp3) is 0.214. The minimum atomic E-state index is 0.0831. The third kappa shape index (κ3) is 3.29. The lowest BCUT2D eigenvalue weighted by Gasteiger charge is -2.06. The number of aliphatic hydroxyl groups excluding tert-OH is 1. The molecule has 0 aliphatic carbocycles. The molecule has 3 heteroatoms. The molecule has 0 unspecified atom stereocenters. The van der Waals surface area contributed by atoms with Crippen molar-refractivity contribution < 1.29 is 5.11 Å². The van der Waals surface area contributed by atoms with E-state index in [4.69, 9.17) is 5.11 Å². The van der Waals surface area contributed by atoms with Gasteiger partial charge in [0.2, 0.25) is 0 Å². The fourth-order valence-electron chi connectivity index (χ4n) is 1.52. The molecule has 2 rings (SSSR count). The van der Waals surface area contributed by atoms with Crippen molar-refractivity contribution in [2.24, 2.45) is 0 Å². The van der Waals surface area contributed by atoms with Crippen LogP contribution in [0.1, 0.15) is 16.8 Å². The molecule has 0 saturated carbocycles. The zero-order valence-corrected chi connectivity index (χ0v) is 9.85. The van der Waals surface area contributed by atoms with Crippen molar-refractivity contribution in [3.05, 3.63) is 59.4 Å². The monoisotopic (exact) mass is 228 g/mol. The Kier molecular flexibility index (Phi) is 3.73. The molecule has 17 heavy (non-hydrogen) atoms. The van der Waals surface area contributed by atoms with E-state index in [0.717, 1.165) is 16.9 Å². The molecule has 0 aliphatic heterocycles. The highest BCUT2D eigenvalue weighted by atomic mass is 16.3. The van der Waals surface area contributed by atoms with Crippen LogP contribution in [-0.4, -0.2) is 10.1 Å². The Balaban J connectivity index is 1.95. The van der Waals surface area contributed by atoms with Crippen molar-refractivity contribution in [1.82, 2.24) is 4.98 Å². The maximum absolute atomic E-state index is 8.93. The Bertz CT molecular complexity index is 463. The third-order valence-electron chi connectivity index (χ3n) is 2.58. The Morgan fingerprint density at radius 1 is 1.12 bits per heavy atom. The fourth-order valence-corrected chi connectivity index (χ4v) is 1.52. The summed E-state index contributed by atoms with van der Waals surface area (Å²) in [6.07, 6.45) is 1.87. The van der Waals surface area contributed by atoms with Gasteiger partial charge in [-0.25, -0.2) is 0 Å². The van der Waals surface area contributed by atoms with Crippen LogP contribution >= 0.6 is 0 Å². The largest absolute Gasteiger partial charge is 0.392 e. The van der Waals surface area contributed by atoms with Gasteiger partial charge in [-0.15, -0.1) is 0 Å². The first kappa shape index (κ1) is 11.6. The third-order valence-corrected chi connectivity index (χ3v) is 2.58. The van der Waals surface area contributed by atoms with Crippen LogP contribution in [0.2, 0.25) is 0 Å². The molecule has 2 aromatic rings. The molecule has 0 spiro atoms. The van der Waals surface area contributed by atoms with Gasteiger partial charge in [0.1, 0.15) is 0 Å². The van der Waals surface area contributed by atoms with Crippen molar-refractivity contribution in [3.8, 4) is 0 Å². The van der Waals surface area contributed by atoms with Gasteiger partial charge in [0.25, 0.3) is 0 Å². The number of nitrogens with one attached hydrogen (secondary N) is 1. The molecule has 0 aliphatic rings. The smallest absolute Gasteiger partial charge is 0.0681 e. The second-order valence-corrected chi connectivity index (χ2v) is 4.04. The van der Waals surface area contributed by atoms with Gasteiger partial charge >= 0.3 is 0 Å². The van der Waals surface area contributed by atoms with E-state index in [2.05, 4.69) is 16.4 Å². The lowest BCUT2D eigenvalue weighted by Crippen LogP contribution is -2.01. The normalized spacial score (nSPS) is 10.2. The first-order valence-corrected chi connectivity index (χ1v) is 5.63. The zero-order valence-electron chi connectivity index (χ0n) is 9.85. The highest BCUT2D eigenvalue weighted by Crippen LogP contribution is 2.10. The number of hydrogen-bond donors (Lipinski definition) is 2. The Labute approximate surface area is 101 Å². The molecule has 1 aromatic carbocycles.